The third kappa shape index (κ3) is 3.54. The number of hydrogen-bond donors (Lipinski definition) is 1. The predicted octanol–water partition coefficient (Wildman–Crippen LogP) is 3.57. The summed E-state index contributed by atoms with van der Waals surface area (Å²) in [5.41, 5.74) is 8.79. The van der Waals surface area contributed by atoms with Crippen molar-refractivity contribution in [2.75, 3.05) is 13.2 Å². The normalized spacial score (nSPS) is 19.2. The number of rotatable bonds is 3. The van der Waals surface area contributed by atoms with Crippen LogP contribution in [0.4, 0.5) is 0 Å². The van der Waals surface area contributed by atoms with Crippen LogP contribution < -0.4 is 5.73 Å². The van der Waals surface area contributed by atoms with E-state index in [1.165, 1.54) is 11.1 Å². The summed E-state index contributed by atoms with van der Waals surface area (Å²) in [5, 5.41) is 0. The second-order valence-corrected chi connectivity index (χ2v) is 5.78. The third-order valence-electron chi connectivity index (χ3n) is 3.48. The Bertz CT molecular complexity index is 374. The van der Waals surface area contributed by atoms with Gasteiger partial charge in [-0.05, 0) is 49.3 Å². The molecule has 1 saturated heterocycles. The molecule has 0 saturated carbocycles. The molecule has 1 atom stereocenters. The fourth-order valence-electron chi connectivity index (χ4n) is 2.40. The summed E-state index contributed by atoms with van der Waals surface area (Å²) in [6, 6.07) is 6.54. The Hall–Kier alpha value is -0.380. The summed E-state index contributed by atoms with van der Waals surface area (Å²) in [4.78, 5) is 0. The van der Waals surface area contributed by atoms with E-state index in [-0.39, 0.29) is 6.04 Å². The molecule has 1 heterocycles. The van der Waals surface area contributed by atoms with E-state index in [1.54, 1.807) is 0 Å². The van der Waals surface area contributed by atoms with Gasteiger partial charge in [-0.25, -0.2) is 0 Å². The molecule has 0 aliphatic carbocycles. The molecular formula is C14H20BrNO. The van der Waals surface area contributed by atoms with Crippen LogP contribution in [-0.2, 0) is 4.74 Å². The van der Waals surface area contributed by atoms with Gasteiger partial charge in [0, 0.05) is 23.7 Å². The van der Waals surface area contributed by atoms with Gasteiger partial charge in [0.15, 0.2) is 0 Å². The molecule has 1 unspecified atom stereocenters. The first kappa shape index (κ1) is 13.1. The highest BCUT2D eigenvalue weighted by atomic mass is 79.9. The molecule has 3 heteroatoms. The number of halogens is 1. The summed E-state index contributed by atoms with van der Waals surface area (Å²) in [5.74, 6) is 0.715. The first-order chi connectivity index (χ1) is 8.16. The molecule has 0 spiro atoms. The summed E-state index contributed by atoms with van der Waals surface area (Å²) < 4.78 is 6.51. The van der Waals surface area contributed by atoms with Gasteiger partial charge in [-0.1, -0.05) is 28.1 Å². The lowest BCUT2D eigenvalue weighted by Crippen LogP contribution is -2.21. The van der Waals surface area contributed by atoms with Gasteiger partial charge in [0.2, 0.25) is 0 Å². The van der Waals surface area contributed by atoms with Crippen LogP contribution in [0.25, 0.3) is 0 Å². The van der Waals surface area contributed by atoms with E-state index in [2.05, 4.69) is 41.1 Å². The minimum absolute atomic E-state index is 0.132. The predicted molar refractivity (Wildman–Crippen MR) is 74.0 cm³/mol. The Kier molecular flexibility index (Phi) is 4.60. The monoisotopic (exact) mass is 297 g/mol. The minimum atomic E-state index is 0.132. The average molecular weight is 298 g/mol. The van der Waals surface area contributed by atoms with Crippen molar-refractivity contribution in [1.29, 1.82) is 0 Å². The molecule has 0 radical (unpaired) electrons. The van der Waals surface area contributed by atoms with Gasteiger partial charge in [0.1, 0.15) is 0 Å². The van der Waals surface area contributed by atoms with Crippen molar-refractivity contribution in [1.82, 2.24) is 0 Å². The molecule has 0 amide bonds. The van der Waals surface area contributed by atoms with Crippen molar-refractivity contribution in [3.63, 3.8) is 0 Å². The topological polar surface area (TPSA) is 35.2 Å². The third-order valence-corrected chi connectivity index (χ3v) is 4.17. The van der Waals surface area contributed by atoms with Gasteiger partial charge in [-0.3, -0.25) is 0 Å². The molecule has 2 N–H and O–H groups in total. The van der Waals surface area contributed by atoms with Crippen LogP contribution in [0.5, 0.6) is 0 Å². The first-order valence-corrected chi connectivity index (χ1v) is 7.05. The van der Waals surface area contributed by atoms with Crippen molar-refractivity contribution in [2.45, 2.75) is 32.2 Å². The van der Waals surface area contributed by atoms with Crippen molar-refractivity contribution in [3.05, 3.63) is 33.8 Å². The fourth-order valence-corrected chi connectivity index (χ4v) is 3.19. The van der Waals surface area contributed by atoms with Gasteiger partial charge in [-0.2, -0.15) is 0 Å². The summed E-state index contributed by atoms with van der Waals surface area (Å²) in [6.07, 6.45) is 3.36. The Morgan fingerprint density at radius 2 is 2.12 bits per heavy atom. The molecular weight excluding hydrogens is 278 g/mol. The highest BCUT2D eigenvalue weighted by Gasteiger charge is 2.19. The van der Waals surface area contributed by atoms with Gasteiger partial charge < -0.3 is 10.5 Å². The lowest BCUT2D eigenvalue weighted by atomic mass is 9.90. The van der Waals surface area contributed by atoms with E-state index in [1.807, 2.05) is 0 Å². The maximum absolute atomic E-state index is 6.31. The second kappa shape index (κ2) is 5.98. The van der Waals surface area contributed by atoms with E-state index in [4.69, 9.17) is 10.5 Å². The zero-order chi connectivity index (χ0) is 12.3. The SMILES string of the molecule is Cc1ccc(C(N)CC2CCOCC2)c(Br)c1. The van der Waals surface area contributed by atoms with Gasteiger partial charge in [0.25, 0.3) is 0 Å². The van der Waals surface area contributed by atoms with Crippen molar-refractivity contribution in [3.8, 4) is 0 Å². The number of ether oxygens (including phenoxy) is 1. The molecule has 0 bridgehead atoms. The van der Waals surface area contributed by atoms with Crippen LogP contribution in [-0.4, -0.2) is 13.2 Å². The van der Waals surface area contributed by atoms with Crippen LogP contribution in [0.15, 0.2) is 22.7 Å². The lowest BCUT2D eigenvalue weighted by molar-refractivity contribution is 0.0618. The Morgan fingerprint density at radius 3 is 2.76 bits per heavy atom. The van der Waals surface area contributed by atoms with Crippen LogP contribution in [0.2, 0.25) is 0 Å². The van der Waals surface area contributed by atoms with Gasteiger partial charge >= 0.3 is 0 Å². The quantitative estimate of drug-likeness (QED) is 0.926. The lowest BCUT2D eigenvalue weighted by Gasteiger charge is -2.25. The molecule has 1 aromatic carbocycles. The van der Waals surface area contributed by atoms with Crippen LogP contribution in [0.3, 0.4) is 0 Å². The summed E-state index contributed by atoms with van der Waals surface area (Å²) in [6.45, 7) is 3.89. The second-order valence-electron chi connectivity index (χ2n) is 4.92. The number of nitrogens with two attached hydrogens (primary N) is 1. The number of hydrogen-bond acceptors (Lipinski definition) is 2. The smallest absolute Gasteiger partial charge is 0.0468 e. The molecule has 17 heavy (non-hydrogen) atoms. The average Bonchev–Trinajstić information content (AvgIpc) is 2.30. The molecule has 1 aliphatic rings. The van der Waals surface area contributed by atoms with E-state index >= 15 is 0 Å². The highest BCUT2D eigenvalue weighted by Crippen LogP contribution is 2.30. The molecule has 94 valence electrons. The molecule has 1 aliphatic heterocycles. The number of benzene rings is 1. The maximum atomic E-state index is 6.31. The molecule has 1 aromatic rings. The Morgan fingerprint density at radius 1 is 1.41 bits per heavy atom. The van der Waals surface area contributed by atoms with E-state index in [9.17, 15) is 0 Å². The molecule has 0 aromatic heterocycles. The molecule has 1 fully saturated rings. The zero-order valence-electron chi connectivity index (χ0n) is 10.3. The van der Waals surface area contributed by atoms with Crippen molar-refractivity contribution in [2.24, 2.45) is 11.7 Å². The summed E-state index contributed by atoms with van der Waals surface area (Å²) in [7, 11) is 0. The highest BCUT2D eigenvalue weighted by molar-refractivity contribution is 9.10. The Labute approximate surface area is 112 Å². The van der Waals surface area contributed by atoms with Gasteiger partial charge in [-0.15, -0.1) is 0 Å². The van der Waals surface area contributed by atoms with Crippen LogP contribution in [0, 0.1) is 12.8 Å². The molecule has 2 nitrogen and oxygen atoms in total. The summed E-state index contributed by atoms with van der Waals surface area (Å²) >= 11 is 3.61. The molecule has 2 rings (SSSR count). The van der Waals surface area contributed by atoms with Crippen molar-refractivity contribution >= 4 is 15.9 Å². The van der Waals surface area contributed by atoms with E-state index < -0.39 is 0 Å². The maximum Gasteiger partial charge on any atom is 0.0468 e. The number of aryl methyl sites for hydroxylation is 1. The van der Waals surface area contributed by atoms with Crippen molar-refractivity contribution < 1.29 is 4.74 Å². The fraction of sp³-hybridized carbons (Fsp3) is 0.571. The van der Waals surface area contributed by atoms with E-state index in [0.29, 0.717) is 5.92 Å². The zero-order valence-corrected chi connectivity index (χ0v) is 11.9. The van der Waals surface area contributed by atoms with Crippen LogP contribution in [0.1, 0.15) is 36.4 Å². The minimum Gasteiger partial charge on any atom is -0.381 e. The Balaban J connectivity index is 2.00. The van der Waals surface area contributed by atoms with Gasteiger partial charge in [0.05, 0.1) is 0 Å². The van der Waals surface area contributed by atoms with Crippen LogP contribution >= 0.6 is 15.9 Å². The first-order valence-electron chi connectivity index (χ1n) is 6.26. The largest absolute Gasteiger partial charge is 0.381 e. The van der Waals surface area contributed by atoms with E-state index in [0.717, 1.165) is 36.9 Å². The standard InChI is InChI=1S/C14H20BrNO/c1-10-2-3-12(13(15)8-10)14(16)9-11-4-6-17-7-5-11/h2-3,8,11,14H,4-7,9,16H2,1H3.